The third-order valence-electron chi connectivity index (χ3n) is 7.00. The summed E-state index contributed by atoms with van der Waals surface area (Å²) < 4.78 is 33.1. The van der Waals surface area contributed by atoms with Crippen LogP contribution in [-0.2, 0) is 4.74 Å². The van der Waals surface area contributed by atoms with Crippen LogP contribution in [0.4, 0.5) is 8.78 Å². The Morgan fingerprint density at radius 1 is 0.846 bits per heavy atom. The van der Waals surface area contributed by atoms with Gasteiger partial charge in [0, 0.05) is 6.61 Å². The second-order valence-electron chi connectivity index (χ2n) is 8.57. The molecule has 0 amide bonds. The first-order valence-corrected chi connectivity index (χ1v) is 10.3. The molecule has 3 saturated carbocycles. The molecular formula is C21H33F2O2Rb. The van der Waals surface area contributed by atoms with Gasteiger partial charge in [-0.25, -0.2) is 8.78 Å². The second-order valence-corrected chi connectivity index (χ2v) is 8.57. The molecule has 3 aliphatic carbocycles. The fourth-order valence-electron chi connectivity index (χ4n) is 5.17. The van der Waals surface area contributed by atoms with Crippen LogP contribution in [0.3, 0.4) is 0 Å². The van der Waals surface area contributed by atoms with E-state index < -0.39 is 24.6 Å². The van der Waals surface area contributed by atoms with Crippen molar-refractivity contribution in [1.82, 2.24) is 0 Å². The van der Waals surface area contributed by atoms with Crippen LogP contribution in [0.2, 0.25) is 0 Å². The molecule has 0 radical (unpaired) electrons. The molecule has 0 bridgehead atoms. The number of ether oxygens (including phenoxy) is 1. The van der Waals surface area contributed by atoms with E-state index in [4.69, 9.17) is 4.74 Å². The molecule has 26 heavy (non-hydrogen) atoms. The molecule has 0 aromatic rings. The van der Waals surface area contributed by atoms with E-state index in [-0.39, 0.29) is 64.6 Å². The van der Waals surface area contributed by atoms with Crippen LogP contribution in [0.1, 0.15) is 64.2 Å². The van der Waals surface area contributed by atoms with Gasteiger partial charge in [0.1, 0.15) is 6.17 Å². The van der Waals surface area contributed by atoms with Crippen molar-refractivity contribution in [3.63, 3.8) is 0 Å². The summed E-state index contributed by atoms with van der Waals surface area (Å²) in [4.78, 5) is 0. The van der Waals surface area contributed by atoms with E-state index in [0.717, 1.165) is 30.6 Å². The quantitative estimate of drug-likeness (QED) is 0.605. The Morgan fingerprint density at radius 2 is 1.42 bits per heavy atom. The van der Waals surface area contributed by atoms with Gasteiger partial charge >= 0.3 is 58.2 Å². The van der Waals surface area contributed by atoms with Crippen molar-refractivity contribution in [2.75, 3.05) is 6.61 Å². The normalized spacial score (nSPS) is 44.1. The van der Waals surface area contributed by atoms with Crippen molar-refractivity contribution < 1.29 is 76.8 Å². The molecule has 3 fully saturated rings. The van der Waals surface area contributed by atoms with Crippen molar-refractivity contribution in [3.05, 3.63) is 12.7 Å². The van der Waals surface area contributed by atoms with Crippen molar-refractivity contribution in [1.29, 1.82) is 0 Å². The van der Waals surface area contributed by atoms with Gasteiger partial charge in [0.05, 0.1) is 6.10 Å². The Kier molecular flexibility index (Phi) is 10.4. The van der Waals surface area contributed by atoms with Gasteiger partial charge in [-0.2, -0.15) is 0 Å². The molecule has 0 aromatic carbocycles. The molecule has 4 unspecified atom stereocenters. The van der Waals surface area contributed by atoms with Gasteiger partial charge in [0.25, 0.3) is 0 Å². The minimum absolute atomic E-state index is 0. The van der Waals surface area contributed by atoms with E-state index in [1.54, 1.807) is 0 Å². The number of alkyl halides is 2. The summed E-state index contributed by atoms with van der Waals surface area (Å²) in [6.07, 6.45) is 6.91. The Bertz CT molecular complexity index is 420. The maximum Gasteiger partial charge on any atom is 1.00 e. The molecule has 0 aliphatic heterocycles. The maximum absolute atomic E-state index is 13.9. The molecule has 144 valence electrons. The smallest absolute Gasteiger partial charge is 0.850 e. The first-order chi connectivity index (χ1) is 12.1. The Balaban J connectivity index is 0.00000243. The summed E-state index contributed by atoms with van der Waals surface area (Å²) in [7, 11) is 0. The minimum Gasteiger partial charge on any atom is -0.850 e. The molecular weight excluding hydrogens is 408 g/mol. The molecule has 4 atom stereocenters. The molecule has 0 aromatic heterocycles. The SMILES string of the molecule is C=CC1CCC(C2CCC(COC3CCC([O-])C(F)C3F)CC2)CC1.[Rb+]. The summed E-state index contributed by atoms with van der Waals surface area (Å²) >= 11 is 0. The van der Waals surface area contributed by atoms with Crippen molar-refractivity contribution >= 4 is 0 Å². The number of hydrogen-bond donors (Lipinski definition) is 0. The third-order valence-corrected chi connectivity index (χ3v) is 7.00. The van der Waals surface area contributed by atoms with Crippen LogP contribution >= 0.6 is 0 Å². The first kappa shape index (κ1) is 23.6. The van der Waals surface area contributed by atoms with Gasteiger partial charge in [-0.05, 0) is 81.5 Å². The Hall–Kier alpha value is 1.33. The molecule has 0 N–H and O–H groups in total. The number of hydrogen-bond acceptors (Lipinski definition) is 2. The predicted molar refractivity (Wildman–Crippen MR) is 93.6 cm³/mol. The average Bonchev–Trinajstić information content (AvgIpc) is 2.66. The van der Waals surface area contributed by atoms with E-state index in [1.807, 2.05) is 0 Å². The molecule has 0 saturated heterocycles. The van der Waals surface area contributed by atoms with E-state index in [1.165, 1.54) is 38.5 Å². The van der Waals surface area contributed by atoms with E-state index in [2.05, 4.69) is 12.7 Å². The zero-order valence-electron chi connectivity index (χ0n) is 16.3. The van der Waals surface area contributed by atoms with Crippen LogP contribution in [0.5, 0.6) is 0 Å². The standard InChI is InChI=1S/C21H33F2O2.Rb/c1-2-14-3-7-16(8-4-14)17-9-5-15(6-10-17)13-25-19-12-11-18(24)20(22)21(19)23;/h2,14-21H,1,3-13H2;/q-1;+1. The molecule has 5 heteroatoms. The molecule has 0 spiro atoms. The van der Waals surface area contributed by atoms with Gasteiger partial charge in [-0.3, -0.25) is 0 Å². The molecule has 3 aliphatic rings. The predicted octanol–water partition coefficient (Wildman–Crippen LogP) is 1.37. The van der Waals surface area contributed by atoms with Gasteiger partial charge < -0.3 is 9.84 Å². The van der Waals surface area contributed by atoms with Crippen molar-refractivity contribution in [3.8, 4) is 0 Å². The fraction of sp³-hybridized carbons (Fsp3) is 0.905. The van der Waals surface area contributed by atoms with E-state index in [0.29, 0.717) is 18.9 Å². The third kappa shape index (κ3) is 6.16. The fourth-order valence-corrected chi connectivity index (χ4v) is 5.17. The molecule has 2 nitrogen and oxygen atoms in total. The minimum atomic E-state index is -1.90. The summed E-state index contributed by atoms with van der Waals surface area (Å²) in [6.45, 7) is 4.45. The van der Waals surface area contributed by atoms with Crippen LogP contribution in [0.25, 0.3) is 0 Å². The number of rotatable bonds is 5. The van der Waals surface area contributed by atoms with E-state index >= 15 is 0 Å². The van der Waals surface area contributed by atoms with Crippen LogP contribution < -0.4 is 63.3 Å². The average molecular weight is 441 g/mol. The number of halogens is 2. The molecule has 3 rings (SSSR count). The zero-order valence-corrected chi connectivity index (χ0v) is 21.2. The van der Waals surface area contributed by atoms with Gasteiger partial charge in [0.2, 0.25) is 0 Å². The first-order valence-electron chi connectivity index (χ1n) is 10.3. The zero-order chi connectivity index (χ0) is 17.8. The Labute approximate surface area is 206 Å². The van der Waals surface area contributed by atoms with Gasteiger partial charge in [0.15, 0.2) is 6.17 Å². The summed E-state index contributed by atoms with van der Waals surface area (Å²) in [5.41, 5.74) is 0. The monoisotopic (exact) mass is 440 g/mol. The van der Waals surface area contributed by atoms with Gasteiger partial charge in [-0.1, -0.05) is 18.6 Å². The summed E-state index contributed by atoms with van der Waals surface area (Å²) in [6, 6.07) is 0. The van der Waals surface area contributed by atoms with Crippen LogP contribution in [0, 0.1) is 23.7 Å². The topological polar surface area (TPSA) is 32.3 Å². The molecule has 0 heterocycles. The largest absolute Gasteiger partial charge is 1.00 e. The van der Waals surface area contributed by atoms with Crippen molar-refractivity contribution in [2.45, 2.75) is 88.8 Å². The van der Waals surface area contributed by atoms with Crippen LogP contribution in [-0.4, -0.2) is 31.2 Å². The Morgan fingerprint density at radius 3 is 2.00 bits per heavy atom. The van der Waals surface area contributed by atoms with E-state index in [9.17, 15) is 13.9 Å². The van der Waals surface area contributed by atoms with Crippen LogP contribution in [0.15, 0.2) is 12.7 Å². The van der Waals surface area contributed by atoms with Crippen molar-refractivity contribution in [2.24, 2.45) is 23.7 Å². The number of allylic oxidation sites excluding steroid dienone is 1. The maximum atomic E-state index is 13.9. The van der Waals surface area contributed by atoms with Gasteiger partial charge in [-0.15, -0.1) is 6.58 Å². The second kappa shape index (κ2) is 11.5. The summed E-state index contributed by atoms with van der Waals surface area (Å²) in [5, 5.41) is 11.3. The summed E-state index contributed by atoms with van der Waals surface area (Å²) in [5.74, 6) is 2.89.